The fourth-order valence-corrected chi connectivity index (χ4v) is 3.58. The van der Waals surface area contributed by atoms with Crippen LogP contribution in [0.3, 0.4) is 0 Å². The van der Waals surface area contributed by atoms with Crippen LogP contribution < -0.4 is 10.1 Å². The molecule has 2 nitrogen and oxygen atoms in total. The molecule has 1 aromatic carbocycles. The highest BCUT2D eigenvalue weighted by Gasteiger charge is 2.35. The first-order chi connectivity index (χ1) is 9.04. The van der Waals surface area contributed by atoms with Gasteiger partial charge in [0.1, 0.15) is 11.9 Å². The Morgan fingerprint density at radius 1 is 1.42 bits per heavy atom. The van der Waals surface area contributed by atoms with Crippen LogP contribution in [0.4, 0.5) is 0 Å². The first-order valence-corrected chi connectivity index (χ1v) is 7.61. The van der Waals surface area contributed by atoms with Gasteiger partial charge in [0.2, 0.25) is 0 Å². The molecule has 0 amide bonds. The standard InChI is InChI=1S/C16H22ClNO/c1-16(2)7-3-4-15(16)18-10-13-9-11-8-12(17)5-6-14(11)19-13/h5-6,8,13,15,18H,3-4,7,9-10H2,1-2H3. The smallest absolute Gasteiger partial charge is 0.123 e. The maximum Gasteiger partial charge on any atom is 0.123 e. The molecule has 0 radical (unpaired) electrons. The second-order valence-electron chi connectivity index (χ2n) is 6.54. The van der Waals surface area contributed by atoms with Gasteiger partial charge in [0, 0.05) is 24.0 Å². The summed E-state index contributed by atoms with van der Waals surface area (Å²) < 4.78 is 5.97. The summed E-state index contributed by atoms with van der Waals surface area (Å²) in [4.78, 5) is 0. The summed E-state index contributed by atoms with van der Waals surface area (Å²) >= 11 is 6.02. The van der Waals surface area contributed by atoms with Gasteiger partial charge in [0.25, 0.3) is 0 Å². The van der Waals surface area contributed by atoms with Crippen LogP contribution in [0.5, 0.6) is 5.75 Å². The van der Waals surface area contributed by atoms with E-state index in [0.29, 0.717) is 11.5 Å². The molecule has 3 rings (SSSR count). The summed E-state index contributed by atoms with van der Waals surface area (Å²) in [6.07, 6.45) is 5.18. The van der Waals surface area contributed by atoms with E-state index in [0.717, 1.165) is 23.7 Å². The van der Waals surface area contributed by atoms with E-state index in [9.17, 15) is 0 Å². The molecule has 0 aromatic heterocycles. The second kappa shape index (κ2) is 4.99. The number of fused-ring (bicyclic) bond motifs is 1. The van der Waals surface area contributed by atoms with Crippen LogP contribution in [0, 0.1) is 5.41 Å². The summed E-state index contributed by atoms with van der Waals surface area (Å²) in [7, 11) is 0. The number of nitrogens with one attached hydrogen (secondary N) is 1. The molecule has 3 heteroatoms. The van der Waals surface area contributed by atoms with E-state index in [2.05, 4.69) is 19.2 Å². The quantitative estimate of drug-likeness (QED) is 0.908. The molecule has 1 heterocycles. The van der Waals surface area contributed by atoms with Crippen LogP contribution >= 0.6 is 11.6 Å². The topological polar surface area (TPSA) is 21.3 Å². The highest BCUT2D eigenvalue weighted by atomic mass is 35.5. The van der Waals surface area contributed by atoms with Crippen molar-refractivity contribution in [2.45, 2.75) is 51.7 Å². The lowest BCUT2D eigenvalue weighted by atomic mass is 9.87. The van der Waals surface area contributed by atoms with Crippen molar-refractivity contribution >= 4 is 11.6 Å². The third-order valence-electron chi connectivity index (χ3n) is 4.61. The van der Waals surface area contributed by atoms with E-state index in [-0.39, 0.29) is 6.10 Å². The summed E-state index contributed by atoms with van der Waals surface area (Å²) in [5.74, 6) is 1.00. The van der Waals surface area contributed by atoms with Crippen LogP contribution in [0.1, 0.15) is 38.7 Å². The SMILES string of the molecule is CC1(C)CCCC1NCC1Cc2cc(Cl)ccc2O1. The molecule has 1 aliphatic carbocycles. The van der Waals surface area contributed by atoms with Crippen LogP contribution in [0.15, 0.2) is 18.2 Å². The van der Waals surface area contributed by atoms with Crippen molar-refractivity contribution in [2.75, 3.05) is 6.54 Å². The Labute approximate surface area is 120 Å². The molecule has 104 valence electrons. The minimum absolute atomic E-state index is 0.255. The summed E-state index contributed by atoms with van der Waals surface area (Å²) in [5, 5.41) is 4.50. The Kier molecular flexibility index (Phi) is 3.48. The first kappa shape index (κ1) is 13.3. The molecule has 2 atom stereocenters. The Balaban J connectivity index is 1.56. The molecule has 0 spiro atoms. The van der Waals surface area contributed by atoms with Gasteiger partial charge in [0.05, 0.1) is 0 Å². The predicted octanol–water partition coefficient (Wildman–Crippen LogP) is 3.81. The maximum absolute atomic E-state index is 6.02. The Morgan fingerprint density at radius 2 is 2.26 bits per heavy atom. The second-order valence-corrected chi connectivity index (χ2v) is 6.97. The van der Waals surface area contributed by atoms with Crippen molar-refractivity contribution in [2.24, 2.45) is 5.41 Å². The molecule has 1 fully saturated rings. The fourth-order valence-electron chi connectivity index (χ4n) is 3.38. The van der Waals surface area contributed by atoms with Gasteiger partial charge in [-0.15, -0.1) is 0 Å². The summed E-state index contributed by atoms with van der Waals surface area (Å²) in [6.45, 7) is 5.66. The average molecular weight is 280 g/mol. The van der Waals surface area contributed by atoms with Crippen LogP contribution in [-0.2, 0) is 6.42 Å². The van der Waals surface area contributed by atoms with E-state index in [4.69, 9.17) is 16.3 Å². The molecule has 1 aliphatic heterocycles. The fraction of sp³-hybridized carbons (Fsp3) is 0.625. The largest absolute Gasteiger partial charge is 0.488 e. The number of rotatable bonds is 3. The summed E-state index contributed by atoms with van der Waals surface area (Å²) in [6, 6.07) is 6.53. The molecule has 0 bridgehead atoms. The van der Waals surface area contributed by atoms with Gasteiger partial charge in [-0.2, -0.15) is 0 Å². The monoisotopic (exact) mass is 279 g/mol. The van der Waals surface area contributed by atoms with E-state index in [1.165, 1.54) is 24.8 Å². The predicted molar refractivity (Wildman–Crippen MR) is 79.0 cm³/mol. The highest BCUT2D eigenvalue weighted by molar-refractivity contribution is 6.30. The van der Waals surface area contributed by atoms with Gasteiger partial charge in [-0.3, -0.25) is 0 Å². The number of hydrogen-bond donors (Lipinski definition) is 1. The van der Waals surface area contributed by atoms with Gasteiger partial charge in [-0.25, -0.2) is 0 Å². The third kappa shape index (κ3) is 2.75. The van der Waals surface area contributed by atoms with Crippen molar-refractivity contribution < 1.29 is 4.74 Å². The molecule has 1 N–H and O–H groups in total. The molecule has 19 heavy (non-hydrogen) atoms. The zero-order valence-corrected chi connectivity index (χ0v) is 12.5. The lowest BCUT2D eigenvalue weighted by molar-refractivity contribution is 0.200. The molecule has 2 unspecified atom stereocenters. The normalized spacial score (nSPS) is 28.2. The minimum Gasteiger partial charge on any atom is -0.488 e. The molecular weight excluding hydrogens is 258 g/mol. The molecule has 1 aromatic rings. The van der Waals surface area contributed by atoms with Crippen LogP contribution in [-0.4, -0.2) is 18.7 Å². The number of ether oxygens (including phenoxy) is 1. The third-order valence-corrected chi connectivity index (χ3v) is 4.85. The maximum atomic E-state index is 6.02. The molecule has 1 saturated carbocycles. The van der Waals surface area contributed by atoms with Gasteiger partial charge >= 0.3 is 0 Å². The molecule has 0 saturated heterocycles. The highest BCUT2D eigenvalue weighted by Crippen LogP contribution is 2.37. The van der Waals surface area contributed by atoms with Crippen molar-refractivity contribution in [3.8, 4) is 5.75 Å². The number of halogens is 1. The molecular formula is C16H22ClNO. The summed E-state index contributed by atoms with van der Waals surface area (Å²) in [5.41, 5.74) is 1.67. The van der Waals surface area contributed by atoms with Crippen LogP contribution in [0.2, 0.25) is 5.02 Å². The Hall–Kier alpha value is -0.730. The van der Waals surface area contributed by atoms with Gasteiger partial charge in [-0.05, 0) is 42.0 Å². The van der Waals surface area contributed by atoms with E-state index >= 15 is 0 Å². The van der Waals surface area contributed by atoms with Gasteiger partial charge < -0.3 is 10.1 Å². The minimum atomic E-state index is 0.255. The van der Waals surface area contributed by atoms with Crippen molar-refractivity contribution in [1.82, 2.24) is 5.32 Å². The van der Waals surface area contributed by atoms with E-state index < -0.39 is 0 Å². The zero-order chi connectivity index (χ0) is 13.5. The first-order valence-electron chi connectivity index (χ1n) is 7.23. The van der Waals surface area contributed by atoms with Crippen molar-refractivity contribution in [3.05, 3.63) is 28.8 Å². The Morgan fingerprint density at radius 3 is 3.00 bits per heavy atom. The average Bonchev–Trinajstić information content (AvgIpc) is 2.88. The van der Waals surface area contributed by atoms with E-state index in [1.807, 2.05) is 18.2 Å². The molecule has 2 aliphatic rings. The Bertz CT molecular complexity index is 472. The lowest BCUT2D eigenvalue weighted by Gasteiger charge is -2.29. The number of hydrogen-bond acceptors (Lipinski definition) is 2. The number of benzene rings is 1. The lowest BCUT2D eigenvalue weighted by Crippen LogP contribution is -2.42. The van der Waals surface area contributed by atoms with Crippen LogP contribution in [0.25, 0.3) is 0 Å². The zero-order valence-electron chi connectivity index (χ0n) is 11.7. The van der Waals surface area contributed by atoms with Gasteiger partial charge in [-0.1, -0.05) is 31.9 Å². The van der Waals surface area contributed by atoms with Crippen molar-refractivity contribution in [3.63, 3.8) is 0 Å². The van der Waals surface area contributed by atoms with Crippen molar-refractivity contribution in [1.29, 1.82) is 0 Å². The van der Waals surface area contributed by atoms with Gasteiger partial charge in [0.15, 0.2) is 0 Å². The van der Waals surface area contributed by atoms with E-state index in [1.54, 1.807) is 0 Å².